The highest BCUT2D eigenvalue weighted by Gasteiger charge is 2.02. The number of non-ortho nitro benzene ring substituents is 1. The average molecular weight is 293 g/mol. The number of rotatable bonds is 1. The van der Waals surface area contributed by atoms with Gasteiger partial charge in [0.25, 0.3) is 5.69 Å². The maximum absolute atomic E-state index is 10.1. The highest BCUT2D eigenvalue weighted by atomic mass is 36.0. The van der Waals surface area contributed by atoms with E-state index in [0.717, 1.165) is 0 Å². The zero-order valence-corrected chi connectivity index (χ0v) is 10.0. The third kappa shape index (κ3) is 9.74. The first-order valence-electron chi connectivity index (χ1n) is 3.24. The molecular formula is C6H4Cl3NO4S. The third-order valence-electron chi connectivity index (χ3n) is 1.02. The van der Waals surface area contributed by atoms with Crippen molar-refractivity contribution in [3.05, 3.63) is 39.4 Å². The summed E-state index contributed by atoms with van der Waals surface area (Å²) in [6.07, 6.45) is 0. The molecule has 1 rings (SSSR count). The van der Waals surface area contributed by atoms with E-state index >= 15 is 0 Å². The van der Waals surface area contributed by atoms with Gasteiger partial charge in [0.05, 0.1) is 4.92 Å². The highest BCUT2D eigenvalue weighted by Crippen LogP contribution is 2.16. The van der Waals surface area contributed by atoms with E-state index in [4.69, 9.17) is 20.0 Å². The number of nitro benzene ring substituents is 1. The van der Waals surface area contributed by atoms with Crippen molar-refractivity contribution in [3.63, 3.8) is 0 Å². The van der Waals surface area contributed by atoms with Crippen LogP contribution in [0, 0.1) is 10.1 Å². The zero-order chi connectivity index (χ0) is 12.1. The molecule has 0 heterocycles. The second-order valence-electron chi connectivity index (χ2n) is 2.12. The summed E-state index contributed by atoms with van der Waals surface area (Å²) in [6.45, 7) is 0. The molecule has 0 N–H and O–H groups in total. The molecule has 0 fully saturated rings. The third-order valence-corrected chi connectivity index (χ3v) is 1.25. The summed E-state index contributed by atoms with van der Waals surface area (Å²) in [5.41, 5.74) is 0.0208. The lowest BCUT2D eigenvalue weighted by Crippen LogP contribution is -1.85. The van der Waals surface area contributed by atoms with E-state index in [0.29, 0.717) is 5.02 Å². The minimum atomic E-state index is -3.72. The predicted octanol–water partition coefficient (Wildman–Crippen LogP) is 2.96. The fourth-order valence-electron chi connectivity index (χ4n) is 0.590. The first kappa shape index (κ1) is 14.4. The minimum Gasteiger partial charge on any atom is -0.258 e. The Morgan fingerprint density at radius 3 is 2.00 bits per heavy atom. The van der Waals surface area contributed by atoms with Gasteiger partial charge >= 0.3 is 8.26 Å². The van der Waals surface area contributed by atoms with Gasteiger partial charge in [0.15, 0.2) is 0 Å². The molecule has 1 aromatic carbocycles. The average Bonchev–Trinajstić information content (AvgIpc) is 2.00. The van der Waals surface area contributed by atoms with Crippen LogP contribution in [0.1, 0.15) is 0 Å². The van der Waals surface area contributed by atoms with Gasteiger partial charge < -0.3 is 0 Å². The lowest BCUT2D eigenvalue weighted by molar-refractivity contribution is -0.384. The summed E-state index contributed by atoms with van der Waals surface area (Å²) in [5.74, 6) is 0. The Bertz CT molecular complexity index is 439. The molecule has 15 heavy (non-hydrogen) atoms. The van der Waals surface area contributed by atoms with Gasteiger partial charge in [-0.2, -0.15) is 8.42 Å². The molecule has 0 spiro atoms. The number of nitro groups is 1. The molecule has 5 nitrogen and oxygen atoms in total. The quantitative estimate of drug-likeness (QED) is 0.453. The molecule has 1 aromatic rings. The van der Waals surface area contributed by atoms with Crippen LogP contribution in [0.3, 0.4) is 0 Å². The Hall–Kier alpha value is -0.560. The van der Waals surface area contributed by atoms with E-state index in [2.05, 4.69) is 21.4 Å². The lowest BCUT2D eigenvalue weighted by Gasteiger charge is -1.89. The van der Waals surface area contributed by atoms with Crippen molar-refractivity contribution in [2.24, 2.45) is 0 Å². The van der Waals surface area contributed by atoms with Gasteiger partial charge in [0.2, 0.25) is 0 Å². The maximum atomic E-state index is 10.1. The van der Waals surface area contributed by atoms with Crippen molar-refractivity contribution in [2.75, 3.05) is 0 Å². The van der Waals surface area contributed by atoms with Crippen LogP contribution >= 0.6 is 33.0 Å². The largest absolute Gasteiger partial charge is 0.317 e. The van der Waals surface area contributed by atoms with Gasteiger partial charge in [-0.15, -0.1) is 0 Å². The van der Waals surface area contributed by atoms with Crippen molar-refractivity contribution < 1.29 is 13.3 Å². The first-order valence-corrected chi connectivity index (χ1v) is 6.75. The standard InChI is InChI=1S/C6H4ClNO2.Cl2O2S/c7-5-2-1-3-6(4-5)8(9)10;1-5(2,3)4/h1-4H;. The Morgan fingerprint density at radius 1 is 1.27 bits per heavy atom. The molecule has 0 aromatic heterocycles. The molecule has 0 saturated carbocycles. The van der Waals surface area contributed by atoms with Gasteiger partial charge in [0.1, 0.15) is 0 Å². The van der Waals surface area contributed by atoms with Gasteiger partial charge in [0, 0.05) is 38.5 Å². The van der Waals surface area contributed by atoms with E-state index < -0.39 is 13.2 Å². The van der Waals surface area contributed by atoms with Gasteiger partial charge in [-0.3, -0.25) is 10.1 Å². The minimum absolute atomic E-state index is 0.0208. The Labute approximate surface area is 99.6 Å². The Balaban J connectivity index is 0.000000336. The first-order chi connectivity index (χ1) is 6.70. The molecule has 0 saturated heterocycles. The second kappa shape index (κ2) is 6.12. The topological polar surface area (TPSA) is 77.3 Å². The number of hydrogen-bond acceptors (Lipinski definition) is 4. The number of halogens is 3. The molecule has 0 aliphatic carbocycles. The molecule has 0 bridgehead atoms. The molecule has 0 atom stereocenters. The number of nitrogens with zero attached hydrogens (tertiary/aromatic N) is 1. The van der Waals surface area contributed by atoms with E-state index in [1.54, 1.807) is 12.1 Å². The SMILES string of the molecule is O=S(=O)(Cl)Cl.O=[N+]([O-])c1cccc(Cl)c1. The van der Waals surface area contributed by atoms with Crippen molar-refractivity contribution in [3.8, 4) is 0 Å². The summed E-state index contributed by atoms with van der Waals surface area (Å²) in [6, 6.07) is 5.84. The van der Waals surface area contributed by atoms with E-state index in [1.165, 1.54) is 12.1 Å². The van der Waals surface area contributed by atoms with Crippen LogP contribution in [0.15, 0.2) is 24.3 Å². The molecule has 0 amide bonds. The normalized spacial score (nSPS) is 10.1. The molecule has 0 radical (unpaired) electrons. The molecule has 0 aliphatic heterocycles. The zero-order valence-electron chi connectivity index (χ0n) is 6.93. The lowest BCUT2D eigenvalue weighted by atomic mass is 10.3. The smallest absolute Gasteiger partial charge is 0.258 e. The van der Waals surface area contributed by atoms with Crippen LogP contribution in [0.4, 0.5) is 5.69 Å². The maximum Gasteiger partial charge on any atom is 0.317 e. The molecule has 0 aliphatic rings. The fraction of sp³-hybridized carbons (Fsp3) is 0. The molecule has 0 unspecified atom stereocenters. The Kier molecular flexibility index (Phi) is 5.89. The molecule has 84 valence electrons. The van der Waals surface area contributed by atoms with Gasteiger partial charge in [-0.1, -0.05) is 17.7 Å². The Morgan fingerprint density at radius 2 is 1.73 bits per heavy atom. The predicted molar refractivity (Wildman–Crippen MR) is 58.7 cm³/mol. The van der Waals surface area contributed by atoms with Crippen LogP contribution in [0.5, 0.6) is 0 Å². The van der Waals surface area contributed by atoms with E-state index in [1.807, 2.05) is 0 Å². The van der Waals surface area contributed by atoms with Crippen LogP contribution in [-0.4, -0.2) is 13.3 Å². The summed E-state index contributed by atoms with van der Waals surface area (Å²) in [7, 11) is 4.81. The number of benzene rings is 1. The van der Waals surface area contributed by atoms with Crippen LogP contribution < -0.4 is 0 Å². The summed E-state index contributed by atoms with van der Waals surface area (Å²) < 4.78 is 18.3. The van der Waals surface area contributed by atoms with Crippen molar-refractivity contribution in [1.82, 2.24) is 0 Å². The molecular weight excluding hydrogens is 288 g/mol. The van der Waals surface area contributed by atoms with E-state index in [-0.39, 0.29) is 5.69 Å². The monoisotopic (exact) mass is 291 g/mol. The highest BCUT2D eigenvalue weighted by molar-refractivity contribution is 8.31. The number of hydrogen-bond donors (Lipinski definition) is 0. The summed E-state index contributed by atoms with van der Waals surface area (Å²) >= 11 is 5.48. The van der Waals surface area contributed by atoms with Gasteiger partial charge in [-0.25, -0.2) is 0 Å². The van der Waals surface area contributed by atoms with Crippen LogP contribution in [0.25, 0.3) is 0 Å². The van der Waals surface area contributed by atoms with Gasteiger partial charge in [-0.05, 0) is 6.07 Å². The molecule has 9 heteroatoms. The summed E-state index contributed by atoms with van der Waals surface area (Å²) in [5, 5.41) is 10.5. The van der Waals surface area contributed by atoms with Crippen molar-refractivity contribution >= 4 is 46.9 Å². The van der Waals surface area contributed by atoms with E-state index in [9.17, 15) is 10.1 Å². The van der Waals surface area contributed by atoms with Crippen LogP contribution in [0.2, 0.25) is 5.02 Å². The second-order valence-corrected chi connectivity index (χ2v) is 6.22. The van der Waals surface area contributed by atoms with Crippen molar-refractivity contribution in [1.29, 1.82) is 0 Å². The van der Waals surface area contributed by atoms with Crippen molar-refractivity contribution in [2.45, 2.75) is 0 Å². The fourth-order valence-corrected chi connectivity index (χ4v) is 0.774. The van der Waals surface area contributed by atoms with Crippen LogP contribution in [-0.2, 0) is 8.26 Å². The summed E-state index contributed by atoms with van der Waals surface area (Å²) in [4.78, 5) is 9.62.